The van der Waals surface area contributed by atoms with Crippen molar-refractivity contribution >= 4 is 0 Å². The van der Waals surface area contributed by atoms with Gasteiger partial charge in [-0.05, 0) is 39.2 Å². The Labute approximate surface area is 129 Å². The predicted molar refractivity (Wildman–Crippen MR) is 88.7 cm³/mol. The van der Waals surface area contributed by atoms with E-state index in [9.17, 15) is 0 Å². The molecule has 4 heteroatoms. The second kappa shape index (κ2) is 10.2. The summed E-state index contributed by atoms with van der Waals surface area (Å²) in [4.78, 5) is 0. The first-order chi connectivity index (χ1) is 9.97. The number of hydrogen-bond donors (Lipinski definition) is 0. The van der Waals surface area contributed by atoms with Gasteiger partial charge in [-0.25, -0.2) is 0 Å². The maximum atomic E-state index is 4.85. The van der Waals surface area contributed by atoms with Gasteiger partial charge in [0.05, 0.1) is 5.69 Å². The van der Waals surface area contributed by atoms with Gasteiger partial charge in [0.2, 0.25) is 0 Å². The molecule has 21 heavy (non-hydrogen) atoms. The fraction of sp³-hybridized carbons (Fsp3) is 0.647. The summed E-state index contributed by atoms with van der Waals surface area (Å²) in [5, 5.41) is 8.01. The average molecular weight is 293 g/mol. The number of nitrogens with zero attached hydrogens (tertiary/aromatic N) is 3. The van der Waals surface area contributed by atoms with E-state index in [1.807, 2.05) is 30.8 Å². The van der Waals surface area contributed by atoms with E-state index in [4.69, 9.17) is 4.52 Å². The fourth-order valence-corrected chi connectivity index (χ4v) is 1.93. The van der Waals surface area contributed by atoms with Crippen LogP contribution < -0.4 is 0 Å². The van der Waals surface area contributed by atoms with Crippen molar-refractivity contribution in [3.05, 3.63) is 35.5 Å². The van der Waals surface area contributed by atoms with E-state index >= 15 is 0 Å². The molecule has 0 unspecified atom stereocenters. The van der Waals surface area contributed by atoms with Crippen molar-refractivity contribution in [1.82, 2.24) is 14.9 Å². The topological polar surface area (TPSA) is 43.9 Å². The minimum absolute atomic E-state index is 0.486. The highest BCUT2D eigenvalue weighted by Crippen LogP contribution is 2.17. The molecule has 0 N–H and O–H groups in total. The maximum absolute atomic E-state index is 4.85. The minimum atomic E-state index is 0.486. The summed E-state index contributed by atoms with van der Waals surface area (Å²) in [5.74, 6) is 0.529. The van der Waals surface area contributed by atoms with Gasteiger partial charge in [0.15, 0.2) is 0 Å². The van der Waals surface area contributed by atoms with Crippen LogP contribution in [-0.4, -0.2) is 14.9 Å². The molecule has 2 rings (SSSR count). The lowest BCUT2D eigenvalue weighted by atomic mass is 10.0. The van der Waals surface area contributed by atoms with Crippen LogP contribution in [0.4, 0.5) is 0 Å². The molecule has 2 aromatic heterocycles. The molecular weight excluding hydrogens is 262 g/mol. The van der Waals surface area contributed by atoms with Gasteiger partial charge >= 0.3 is 0 Å². The molecule has 4 nitrogen and oxygen atoms in total. The summed E-state index contributed by atoms with van der Waals surface area (Å²) in [6.45, 7) is 16.7. The molecule has 0 aliphatic rings. The van der Waals surface area contributed by atoms with Gasteiger partial charge in [0, 0.05) is 23.5 Å². The summed E-state index contributed by atoms with van der Waals surface area (Å²) in [5.41, 5.74) is 3.56. The van der Waals surface area contributed by atoms with Crippen molar-refractivity contribution in [2.24, 2.45) is 0 Å². The standard InChI is InChI=1S/C8H13NO.C7H12N2.C2H6/c1-4-8-7(6(2)3)5-10-9-8;1-6(2)9-7(3)4-5-8-9;1-2/h5-6H,4H2,1-3H3;4-6H,1-3H3;1-2H3. The molecule has 0 atom stereocenters. The van der Waals surface area contributed by atoms with Crippen molar-refractivity contribution in [3.8, 4) is 0 Å². The molecule has 0 aliphatic heterocycles. The van der Waals surface area contributed by atoms with Gasteiger partial charge in [-0.2, -0.15) is 5.10 Å². The van der Waals surface area contributed by atoms with Crippen LogP contribution in [0.5, 0.6) is 0 Å². The van der Waals surface area contributed by atoms with Crippen LogP contribution in [-0.2, 0) is 6.42 Å². The summed E-state index contributed by atoms with van der Waals surface area (Å²) in [6.07, 6.45) is 4.53. The van der Waals surface area contributed by atoms with Gasteiger partial charge < -0.3 is 4.52 Å². The molecule has 0 amide bonds. The van der Waals surface area contributed by atoms with Crippen LogP contribution in [0.2, 0.25) is 0 Å². The van der Waals surface area contributed by atoms with E-state index in [2.05, 4.69) is 51.8 Å². The predicted octanol–water partition coefficient (Wildman–Crippen LogP) is 5.16. The molecule has 0 saturated heterocycles. The van der Waals surface area contributed by atoms with Crippen LogP contribution in [0.3, 0.4) is 0 Å². The SMILES string of the molecule is CC.CCc1nocc1C(C)C.Cc1ccnn1C(C)C. The second-order valence-corrected chi connectivity index (χ2v) is 5.24. The third-order valence-electron chi connectivity index (χ3n) is 2.99. The van der Waals surface area contributed by atoms with Gasteiger partial charge in [-0.3, -0.25) is 4.68 Å². The largest absolute Gasteiger partial charge is 0.364 e. The lowest BCUT2D eigenvalue weighted by molar-refractivity contribution is 0.411. The van der Waals surface area contributed by atoms with E-state index in [1.54, 1.807) is 6.26 Å². The summed E-state index contributed by atoms with van der Waals surface area (Å²) in [6, 6.07) is 2.50. The molecule has 0 aliphatic carbocycles. The van der Waals surface area contributed by atoms with Gasteiger partial charge in [0.25, 0.3) is 0 Å². The maximum Gasteiger partial charge on any atom is 0.127 e. The number of rotatable bonds is 3. The summed E-state index contributed by atoms with van der Waals surface area (Å²) in [7, 11) is 0. The minimum Gasteiger partial charge on any atom is -0.364 e. The van der Waals surface area contributed by atoms with Crippen LogP contribution >= 0.6 is 0 Å². The van der Waals surface area contributed by atoms with Gasteiger partial charge in [0.1, 0.15) is 6.26 Å². The molecule has 0 bridgehead atoms. The van der Waals surface area contributed by atoms with Crippen LogP contribution in [0.1, 0.15) is 77.4 Å². The lowest BCUT2D eigenvalue weighted by Crippen LogP contribution is -2.03. The Kier molecular flexibility index (Phi) is 9.42. The molecular formula is C17H31N3O. The van der Waals surface area contributed by atoms with E-state index in [1.165, 1.54) is 11.3 Å². The van der Waals surface area contributed by atoms with Gasteiger partial charge in [-0.1, -0.05) is 39.8 Å². The molecule has 0 aromatic carbocycles. The summed E-state index contributed by atoms with van der Waals surface area (Å²) < 4.78 is 6.85. The number of hydrogen-bond acceptors (Lipinski definition) is 3. The highest BCUT2D eigenvalue weighted by molar-refractivity contribution is 5.17. The normalized spacial score (nSPS) is 10.0. The summed E-state index contributed by atoms with van der Waals surface area (Å²) >= 11 is 0. The zero-order chi connectivity index (χ0) is 16.4. The Hall–Kier alpha value is -1.58. The van der Waals surface area contributed by atoms with Crippen molar-refractivity contribution in [3.63, 3.8) is 0 Å². The zero-order valence-corrected chi connectivity index (χ0v) is 14.8. The first-order valence-electron chi connectivity index (χ1n) is 7.90. The third-order valence-corrected chi connectivity index (χ3v) is 2.99. The van der Waals surface area contributed by atoms with Crippen molar-refractivity contribution in [2.75, 3.05) is 0 Å². The third kappa shape index (κ3) is 6.15. The first kappa shape index (κ1) is 19.4. The Bertz CT molecular complexity index is 484. The zero-order valence-electron chi connectivity index (χ0n) is 14.8. The van der Waals surface area contributed by atoms with E-state index in [0.29, 0.717) is 12.0 Å². The van der Waals surface area contributed by atoms with Crippen molar-refractivity contribution in [1.29, 1.82) is 0 Å². The van der Waals surface area contributed by atoms with E-state index in [-0.39, 0.29) is 0 Å². The number of aryl methyl sites for hydroxylation is 2. The highest BCUT2D eigenvalue weighted by atomic mass is 16.5. The second-order valence-electron chi connectivity index (χ2n) is 5.24. The molecule has 0 saturated carbocycles. The van der Waals surface area contributed by atoms with Crippen molar-refractivity contribution in [2.45, 2.75) is 73.8 Å². The Morgan fingerprint density at radius 3 is 2.10 bits per heavy atom. The first-order valence-corrected chi connectivity index (χ1v) is 7.90. The van der Waals surface area contributed by atoms with E-state index in [0.717, 1.165) is 12.1 Å². The molecule has 120 valence electrons. The number of aromatic nitrogens is 3. The smallest absolute Gasteiger partial charge is 0.127 e. The average Bonchev–Trinajstić information content (AvgIpc) is 3.09. The van der Waals surface area contributed by atoms with Crippen molar-refractivity contribution < 1.29 is 4.52 Å². The van der Waals surface area contributed by atoms with Gasteiger partial charge in [-0.15, -0.1) is 0 Å². The molecule has 0 radical (unpaired) electrons. The highest BCUT2D eigenvalue weighted by Gasteiger charge is 2.08. The van der Waals surface area contributed by atoms with E-state index < -0.39 is 0 Å². The lowest BCUT2D eigenvalue weighted by Gasteiger charge is -2.06. The molecule has 2 aromatic rings. The quantitative estimate of drug-likeness (QED) is 0.785. The van der Waals surface area contributed by atoms with Crippen LogP contribution in [0, 0.1) is 6.92 Å². The van der Waals surface area contributed by atoms with Crippen LogP contribution in [0.25, 0.3) is 0 Å². The Balaban J connectivity index is 0.000000342. The fourth-order valence-electron chi connectivity index (χ4n) is 1.93. The monoisotopic (exact) mass is 293 g/mol. The molecule has 0 spiro atoms. The Morgan fingerprint density at radius 2 is 1.81 bits per heavy atom. The Morgan fingerprint density at radius 1 is 1.19 bits per heavy atom. The molecule has 2 heterocycles. The van der Waals surface area contributed by atoms with Crippen LogP contribution in [0.15, 0.2) is 23.0 Å². The molecule has 0 fully saturated rings.